The molecule has 1 rings (SSSR count). The van der Waals surface area contributed by atoms with Gasteiger partial charge < -0.3 is 9.64 Å². The van der Waals surface area contributed by atoms with Gasteiger partial charge in [-0.05, 0) is 64.2 Å². The molecule has 0 unspecified atom stereocenters. The lowest BCUT2D eigenvalue weighted by Gasteiger charge is -2.23. The minimum Gasteiger partial charge on any atom is -0.493 e. The van der Waals surface area contributed by atoms with E-state index in [1.54, 1.807) is 25.9 Å². The third-order valence-corrected chi connectivity index (χ3v) is 5.32. The van der Waals surface area contributed by atoms with Gasteiger partial charge in [-0.15, -0.1) is 0 Å². The lowest BCUT2D eigenvalue weighted by Crippen LogP contribution is -2.25. The lowest BCUT2D eigenvalue weighted by atomic mass is 9.84. The van der Waals surface area contributed by atoms with E-state index in [1.807, 2.05) is 55.4 Å². The topological polar surface area (TPSA) is 46.6 Å². The van der Waals surface area contributed by atoms with Gasteiger partial charge in [0.15, 0.2) is 0 Å². The summed E-state index contributed by atoms with van der Waals surface area (Å²) in [5.41, 5.74) is 4.49. The normalized spacial score (nSPS) is 10.8. The minimum absolute atomic E-state index is 0.000614. The zero-order chi connectivity index (χ0) is 21.5. The first kappa shape index (κ1) is 25.2. The molecular weight excluding hydrogens is 338 g/mol. The highest BCUT2D eigenvalue weighted by Crippen LogP contribution is 2.33. The van der Waals surface area contributed by atoms with Crippen molar-refractivity contribution in [1.82, 2.24) is 4.90 Å². The van der Waals surface area contributed by atoms with E-state index in [9.17, 15) is 9.59 Å². The Morgan fingerprint density at radius 2 is 1.44 bits per heavy atom. The summed E-state index contributed by atoms with van der Waals surface area (Å²) in [6.45, 7) is 18.1. The molecule has 0 bridgehead atoms. The van der Waals surface area contributed by atoms with Crippen LogP contribution in [0.1, 0.15) is 80.1 Å². The van der Waals surface area contributed by atoms with E-state index in [2.05, 4.69) is 0 Å². The van der Waals surface area contributed by atoms with Crippen LogP contribution in [0.5, 0.6) is 5.75 Å². The van der Waals surface area contributed by atoms with Crippen molar-refractivity contribution in [3.63, 3.8) is 0 Å². The zero-order valence-corrected chi connectivity index (χ0v) is 19.3. The van der Waals surface area contributed by atoms with Gasteiger partial charge in [0.25, 0.3) is 5.91 Å². The molecule has 0 aliphatic carbocycles. The number of hydrogen-bond donors (Lipinski definition) is 0. The highest BCUT2D eigenvalue weighted by Gasteiger charge is 2.24. The molecular formula is C23H39NO3. The van der Waals surface area contributed by atoms with E-state index >= 15 is 0 Å². The molecule has 0 aromatic heterocycles. The van der Waals surface area contributed by atoms with E-state index in [0.717, 1.165) is 46.4 Å². The minimum atomic E-state index is -0.317. The number of ketones is 1. The Balaban J connectivity index is 0.00000326. The summed E-state index contributed by atoms with van der Waals surface area (Å²) in [5.74, 6) is 1.000. The van der Waals surface area contributed by atoms with Gasteiger partial charge in [0.2, 0.25) is 0 Å². The van der Waals surface area contributed by atoms with Gasteiger partial charge in [-0.25, -0.2) is 0 Å². The van der Waals surface area contributed by atoms with Crippen molar-refractivity contribution in [2.24, 2.45) is 5.41 Å². The second kappa shape index (κ2) is 10.5. The summed E-state index contributed by atoms with van der Waals surface area (Å²) in [6, 6.07) is 0. The Labute approximate surface area is 166 Å². The Morgan fingerprint density at radius 3 is 1.89 bits per heavy atom. The maximum Gasteiger partial charge on any atom is 0.254 e. The first-order valence-corrected chi connectivity index (χ1v) is 9.87. The molecule has 27 heavy (non-hydrogen) atoms. The second-order valence-electron chi connectivity index (χ2n) is 7.80. The number of amides is 1. The molecule has 0 atom stereocenters. The first-order chi connectivity index (χ1) is 12.4. The molecule has 1 aromatic carbocycles. The van der Waals surface area contributed by atoms with Gasteiger partial charge in [0, 0.05) is 30.6 Å². The van der Waals surface area contributed by atoms with Gasteiger partial charge in [-0.1, -0.05) is 27.7 Å². The molecule has 1 amide bonds. The van der Waals surface area contributed by atoms with E-state index in [1.165, 1.54) is 0 Å². The van der Waals surface area contributed by atoms with Gasteiger partial charge in [0.1, 0.15) is 11.5 Å². The fraction of sp³-hybridized carbons (Fsp3) is 0.652. The van der Waals surface area contributed by atoms with Crippen molar-refractivity contribution in [3.8, 4) is 5.75 Å². The van der Waals surface area contributed by atoms with Crippen molar-refractivity contribution in [2.45, 2.75) is 75.2 Å². The average Bonchev–Trinajstić information content (AvgIpc) is 2.60. The molecule has 0 saturated heterocycles. The number of carbonyl (C=O) groups excluding carboxylic acids is 2. The maximum atomic E-state index is 12.6. The van der Waals surface area contributed by atoms with Crippen molar-refractivity contribution >= 4 is 11.7 Å². The molecule has 4 nitrogen and oxygen atoms in total. The number of carbonyl (C=O) groups is 2. The van der Waals surface area contributed by atoms with E-state index in [0.29, 0.717) is 6.61 Å². The Kier molecular flexibility index (Phi) is 9.77. The highest BCUT2D eigenvalue weighted by atomic mass is 16.5. The summed E-state index contributed by atoms with van der Waals surface area (Å²) >= 11 is 0. The number of benzene rings is 1. The van der Waals surface area contributed by atoms with Crippen LogP contribution in [0, 0.1) is 33.1 Å². The highest BCUT2D eigenvalue weighted by molar-refractivity contribution is 5.98. The van der Waals surface area contributed by atoms with Crippen LogP contribution in [0.2, 0.25) is 0 Å². The third-order valence-electron chi connectivity index (χ3n) is 5.32. The SMILES string of the molecule is CC.CC(=O)C(C)(C)CCCOc1c(C)c(C)c(C)c(C(=O)N(C)C)c1C. The number of hydrogen-bond acceptors (Lipinski definition) is 3. The quantitative estimate of drug-likeness (QED) is 0.596. The van der Waals surface area contributed by atoms with Crippen LogP contribution in [-0.2, 0) is 4.79 Å². The molecule has 0 N–H and O–H groups in total. The van der Waals surface area contributed by atoms with Crippen LogP contribution >= 0.6 is 0 Å². The van der Waals surface area contributed by atoms with Crippen LogP contribution in [0.3, 0.4) is 0 Å². The van der Waals surface area contributed by atoms with Gasteiger partial charge >= 0.3 is 0 Å². The Morgan fingerprint density at radius 1 is 0.926 bits per heavy atom. The van der Waals surface area contributed by atoms with Crippen molar-refractivity contribution in [3.05, 3.63) is 27.8 Å². The standard InChI is InChI=1S/C21H33NO3.C2H6/c1-13-14(2)18(20(24)22(8)9)16(4)19(15(13)3)25-12-10-11-21(6,7)17(5)23;1-2/h10-12H2,1-9H3;1-2H3. The molecule has 0 radical (unpaired) electrons. The largest absolute Gasteiger partial charge is 0.493 e. The number of Topliss-reactive ketones (excluding diaryl/α,β-unsaturated/α-hetero) is 1. The smallest absolute Gasteiger partial charge is 0.254 e. The molecule has 0 spiro atoms. The fourth-order valence-electron chi connectivity index (χ4n) is 2.94. The predicted molar refractivity (Wildman–Crippen MR) is 114 cm³/mol. The van der Waals surface area contributed by atoms with Crippen molar-refractivity contribution in [2.75, 3.05) is 20.7 Å². The number of ether oxygens (including phenoxy) is 1. The zero-order valence-electron chi connectivity index (χ0n) is 19.3. The lowest BCUT2D eigenvalue weighted by molar-refractivity contribution is -0.125. The predicted octanol–water partition coefficient (Wildman–Crippen LogP) is 5.42. The van der Waals surface area contributed by atoms with Crippen molar-refractivity contribution in [1.29, 1.82) is 0 Å². The first-order valence-electron chi connectivity index (χ1n) is 9.87. The molecule has 0 saturated carbocycles. The van der Waals surface area contributed by atoms with Crippen LogP contribution in [0.4, 0.5) is 0 Å². The summed E-state index contributed by atoms with van der Waals surface area (Å²) in [5, 5.41) is 0. The van der Waals surface area contributed by atoms with Gasteiger partial charge in [0.05, 0.1) is 6.61 Å². The van der Waals surface area contributed by atoms with Crippen LogP contribution in [-0.4, -0.2) is 37.3 Å². The Bertz CT molecular complexity index is 673. The average molecular weight is 378 g/mol. The summed E-state index contributed by atoms with van der Waals surface area (Å²) < 4.78 is 6.07. The van der Waals surface area contributed by atoms with E-state index < -0.39 is 0 Å². The summed E-state index contributed by atoms with van der Waals surface area (Å²) in [7, 11) is 3.53. The van der Waals surface area contributed by atoms with Crippen LogP contribution in [0.25, 0.3) is 0 Å². The van der Waals surface area contributed by atoms with E-state index in [4.69, 9.17) is 4.74 Å². The number of rotatable bonds is 7. The maximum absolute atomic E-state index is 12.6. The third kappa shape index (κ3) is 6.08. The number of nitrogens with zero attached hydrogens (tertiary/aromatic N) is 1. The molecule has 0 aliphatic rings. The van der Waals surface area contributed by atoms with Gasteiger partial charge in [-0.3, -0.25) is 9.59 Å². The van der Waals surface area contributed by atoms with E-state index in [-0.39, 0.29) is 17.1 Å². The Hall–Kier alpha value is -1.84. The summed E-state index contributed by atoms with van der Waals surface area (Å²) in [4.78, 5) is 25.8. The van der Waals surface area contributed by atoms with Crippen LogP contribution < -0.4 is 4.74 Å². The molecule has 0 fully saturated rings. The van der Waals surface area contributed by atoms with Gasteiger partial charge in [-0.2, -0.15) is 0 Å². The molecule has 154 valence electrons. The monoisotopic (exact) mass is 377 g/mol. The molecule has 0 heterocycles. The molecule has 0 aliphatic heterocycles. The fourth-order valence-corrected chi connectivity index (χ4v) is 2.94. The second-order valence-corrected chi connectivity index (χ2v) is 7.80. The summed E-state index contributed by atoms with van der Waals surface area (Å²) in [6.07, 6.45) is 1.59. The molecule has 1 aromatic rings. The molecule has 4 heteroatoms. The van der Waals surface area contributed by atoms with Crippen LogP contribution in [0.15, 0.2) is 0 Å². The van der Waals surface area contributed by atoms with Crippen molar-refractivity contribution < 1.29 is 14.3 Å².